The van der Waals surface area contributed by atoms with E-state index in [4.69, 9.17) is 10.5 Å². The maximum Gasteiger partial charge on any atom is 0.249 e. The van der Waals surface area contributed by atoms with Crippen molar-refractivity contribution in [2.75, 3.05) is 6.61 Å². The van der Waals surface area contributed by atoms with E-state index >= 15 is 0 Å². The molecule has 0 atom stereocenters. The summed E-state index contributed by atoms with van der Waals surface area (Å²) in [4.78, 5) is 12.0. The van der Waals surface area contributed by atoms with Crippen LogP contribution in [0.2, 0.25) is 0 Å². The van der Waals surface area contributed by atoms with Crippen LogP contribution < -0.4 is 10.5 Å². The number of primary amides is 1. The molecule has 0 aliphatic rings. The molecule has 1 heterocycles. The molecule has 1 amide bonds. The van der Waals surface area contributed by atoms with Gasteiger partial charge in [-0.3, -0.25) is 4.79 Å². The minimum atomic E-state index is -0.410. The van der Waals surface area contributed by atoms with Crippen LogP contribution >= 0.6 is 0 Å². The van der Waals surface area contributed by atoms with E-state index in [0.717, 1.165) is 34.0 Å². The van der Waals surface area contributed by atoms with Crippen LogP contribution in [0.3, 0.4) is 0 Å². The molecule has 132 valence electrons. The van der Waals surface area contributed by atoms with Gasteiger partial charge in [0.05, 0.1) is 12.1 Å². The highest BCUT2D eigenvalue weighted by molar-refractivity contribution is 6.19. The molecule has 0 radical (unpaired) electrons. The first-order valence-electron chi connectivity index (χ1n) is 9.05. The largest absolute Gasteiger partial charge is 0.492 e. The number of nitrogens with two attached hydrogens (primary N) is 1. The molecule has 2 N–H and O–H groups in total. The van der Waals surface area contributed by atoms with Gasteiger partial charge in [-0.05, 0) is 43.5 Å². The third-order valence-electron chi connectivity index (χ3n) is 4.80. The predicted octanol–water partition coefficient (Wildman–Crippen LogP) is 4.56. The molecule has 3 rings (SSSR count). The SMILES string of the molecule is CCCCCc1ccc2c3c(C(N)=O)ccc(OCC)c3n(C)c2c1. The average molecular weight is 338 g/mol. The van der Waals surface area contributed by atoms with E-state index in [1.54, 1.807) is 6.07 Å². The molecule has 2 aromatic carbocycles. The second-order valence-electron chi connectivity index (χ2n) is 6.50. The van der Waals surface area contributed by atoms with Gasteiger partial charge in [-0.1, -0.05) is 31.9 Å². The Morgan fingerprint density at radius 1 is 1.16 bits per heavy atom. The fourth-order valence-corrected chi connectivity index (χ4v) is 3.58. The highest BCUT2D eigenvalue weighted by Gasteiger charge is 2.19. The Bertz CT molecular complexity index is 925. The van der Waals surface area contributed by atoms with E-state index in [2.05, 4.69) is 29.7 Å². The Morgan fingerprint density at radius 2 is 1.96 bits per heavy atom. The van der Waals surface area contributed by atoms with E-state index in [1.165, 1.54) is 24.8 Å². The standard InChI is InChI=1S/C21H26N2O2/c1-4-6-7-8-14-9-10-15-17(13-14)23(3)20-18(25-5-2)12-11-16(19(15)20)21(22)24/h9-13H,4-8H2,1-3H3,(H2,22,24). The van der Waals surface area contributed by atoms with Gasteiger partial charge in [-0.2, -0.15) is 0 Å². The van der Waals surface area contributed by atoms with Crippen LogP contribution in [0.1, 0.15) is 49.0 Å². The molecule has 0 spiro atoms. The number of carbonyl (C=O) groups excluding carboxylic acids is 1. The van der Waals surface area contributed by atoms with Crippen molar-refractivity contribution >= 4 is 27.7 Å². The maximum atomic E-state index is 12.0. The summed E-state index contributed by atoms with van der Waals surface area (Å²) in [6, 6.07) is 10.1. The zero-order valence-electron chi connectivity index (χ0n) is 15.3. The van der Waals surface area contributed by atoms with Crippen LogP contribution in [0.25, 0.3) is 21.8 Å². The number of aromatic nitrogens is 1. The predicted molar refractivity (Wildman–Crippen MR) is 103 cm³/mol. The topological polar surface area (TPSA) is 57.3 Å². The first kappa shape index (κ1) is 17.3. The number of benzene rings is 2. The number of fused-ring (bicyclic) bond motifs is 3. The summed E-state index contributed by atoms with van der Waals surface area (Å²) in [5.41, 5.74) is 9.53. The van der Waals surface area contributed by atoms with Crippen LogP contribution in [-0.4, -0.2) is 17.1 Å². The van der Waals surface area contributed by atoms with Crippen molar-refractivity contribution in [1.29, 1.82) is 0 Å². The summed E-state index contributed by atoms with van der Waals surface area (Å²) in [6.45, 7) is 4.75. The monoisotopic (exact) mass is 338 g/mol. The van der Waals surface area contributed by atoms with Crippen molar-refractivity contribution in [2.24, 2.45) is 12.8 Å². The van der Waals surface area contributed by atoms with Crippen molar-refractivity contribution in [3.05, 3.63) is 41.5 Å². The Balaban J connectivity index is 2.24. The maximum absolute atomic E-state index is 12.0. The molecule has 0 fully saturated rings. The van der Waals surface area contributed by atoms with Crippen molar-refractivity contribution in [2.45, 2.75) is 39.5 Å². The van der Waals surface area contributed by atoms with Crippen LogP contribution in [0, 0.1) is 0 Å². The van der Waals surface area contributed by atoms with Gasteiger partial charge in [0, 0.05) is 28.9 Å². The van der Waals surface area contributed by atoms with Gasteiger partial charge in [0.15, 0.2) is 0 Å². The summed E-state index contributed by atoms with van der Waals surface area (Å²) in [6.07, 6.45) is 4.73. The number of nitrogens with zero attached hydrogens (tertiary/aromatic N) is 1. The second kappa shape index (κ2) is 7.18. The van der Waals surface area contributed by atoms with Crippen LogP contribution in [0.15, 0.2) is 30.3 Å². The van der Waals surface area contributed by atoms with E-state index in [0.29, 0.717) is 12.2 Å². The van der Waals surface area contributed by atoms with Crippen molar-refractivity contribution in [3.63, 3.8) is 0 Å². The van der Waals surface area contributed by atoms with Gasteiger partial charge in [0.2, 0.25) is 5.91 Å². The lowest BCUT2D eigenvalue weighted by Gasteiger charge is -2.09. The molecular weight excluding hydrogens is 312 g/mol. The highest BCUT2D eigenvalue weighted by atomic mass is 16.5. The molecule has 1 aromatic heterocycles. The molecule has 0 aliphatic carbocycles. The van der Waals surface area contributed by atoms with Gasteiger partial charge in [0.25, 0.3) is 0 Å². The van der Waals surface area contributed by atoms with Gasteiger partial charge in [-0.25, -0.2) is 0 Å². The fourth-order valence-electron chi connectivity index (χ4n) is 3.58. The minimum Gasteiger partial charge on any atom is -0.492 e. The average Bonchev–Trinajstić information content (AvgIpc) is 2.89. The number of ether oxygens (including phenoxy) is 1. The van der Waals surface area contributed by atoms with Gasteiger partial charge >= 0.3 is 0 Å². The quantitative estimate of drug-likeness (QED) is 0.642. The van der Waals surface area contributed by atoms with Crippen molar-refractivity contribution in [3.8, 4) is 5.75 Å². The second-order valence-corrected chi connectivity index (χ2v) is 6.50. The lowest BCUT2D eigenvalue weighted by atomic mass is 10.0. The Kier molecular flexibility index (Phi) is 4.98. The lowest BCUT2D eigenvalue weighted by Crippen LogP contribution is -2.11. The van der Waals surface area contributed by atoms with Gasteiger partial charge in [0.1, 0.15) is 5.75 Å². The Labute approximate surface area is 148 Å². The summed E-state index contributed by atoms with van der Waals surface area (Å²) in [5, 5.41) is 1.93. The van der Waals surface area contributed by atoms with Gasteiger partial charge < -0.3 is 15.0 Å². The smallest absolute Gasteiger partial charge is 0.249 e. The van der Waals surface area contributed by atoms with Gasteiger partial charge in [-0.15, -0.1) is 0 Å². The van der Waals surface area contributed by atoms with Crippen molar-refractivity contribution in [1.82, 2.24) is 4.57 Å². The highest BCUT2D eigenvalue weighted by Crippen LogP contribution is 2.37. The summed E-state index contributed by atoms with van der Waals surface area (Å²) >= 11 is 0. The number of hydrogen-bond acceptors (Lipinski definition) is 2. The molecule has 3 aromatic rings. The van der Waals surface area contributed by atoms with E-state index in [-0.39, 0.29) is 0 Å². The third kappa shape index (κ3) is 3.09. The molecule has 0 saturated heterocycles. The molecule has 0 aliphatic heterocycles. The Morgan fingerprint density at radius 3 is 2.64 bits per heavy atom. The molecule has 4 nitrogen and oxygen atoms in total. The zero-order chi connectivity index (χ0) is 18.0. The normalized spacial score (nSPS) is 11.3. The minimum absolute atomic E-state index is 0.410. The molecule has 25 heavy (non-hydrogen) atoms. The summed E-state index contributed by atoms with van der Waals surface area (Å²) < 4.78 is 7.92. The number of rotatable bonds is 7. The Hall–Kier alpha value is -2.49. The number of carbonyl (C=O) groups is 1. The van der Waals surface area contributed by atoms with E-state index < -0.39 is 5.91 Å². The van der Waals surface area contributed by atoms with Crippen LogP contribution in [0.5, 0.6) is 5.75 Å². The molecule has 0 saturated carbocycles. The fraction of sp³-hybridized carbons (Fsp3) is 0.381. The lowest BCUT2D eigenvalue weighted by molar-refractivity contribution is 0.100. The number of aryl methyl sites for hydroxylation is 2. The summed E-state index contributed by atoms with van der Waals surface area (Å²) in [5.74, 6) is 0.376. The van der Waals surface area contributed by atoms with E-state index in [1.807, 2.05) is 20.0 Å². The van der Waals surface area contributed by atoms with E-state index in [9.17, 15) is 4.79 Å². The third-order valence-corrected chi connectivity index (χ3v) is 4.80. The first-order valence-corrected chi connectivity index (χ1v) is 9.05. The number of unbranched alkanes of at least 4 members (excludes halogenated alkanes) is 2. The van der Waals surface area contributed by atoms with Crippen molar-refractivity contribution < 1.29 is 9.53 Å². The molecular formula is C21H26N2O2. The summed E-state index contributed by atoms with van der Waals surface area (Å²) in [7, 11) is 2.02. The van der Waals surface area contributed by atoms with Crippen LogP contribution in [0.4, 0.5) is 0 Å². The first-order chi connectivity index (χ1) is 12.1. The van der Waals surface area contributed by atoms with Crippen LogP contribution in [-0.2, 0) is 13.5 Å². The zero-order valence-corrected chi connectivity index (χ0v) is 15.3. The number of hydrogen-bond donors (Lipinski definition) is 1. The molecule has 4 heteroatoms. The molecule has 0 bridgehead atoms. The molecule has 0 unspecified atom stereocenters. The number of amides is 1.